The van der Waals surface area contributed by atoms with E-state index in [4.69, 9.17) is 18.6 Å². The van der Waals surface area contributed by atoms with Crippen molar-refractivity contribution in [2.45, 2.75) is 0 Å². The maximum atomic E-state index is 7.50. The summed E-state index contributed by atoms with van der Waals surface area (Å²) >= 11 is 0. The molecule has 0 spiro atoms. The first-order valence-corrected chi connectivity index (χ1v) is 19.4. The molecule has 0 atom stereocenters. The van der Waals surface area contributed by atoms with Gasteiger partial charge in [0.1, 0.15) is 12.3 Å². The average Bonchev–Trinajstić information content (AvgIpc) is 3.16. The second-order valence-electron chi connectivity index (χ2n) is 9.39. The molecule has 0 aliphatic heterocycles. The fourth-order valence-electron chi connectivity index (χ4n) is 5.11. The van der Waals surface area contributed by atoms with Gasteiger partial charge in [0.15, 0.2) is 0 Å². The van der Waals surface area contributed by atoms with Gasteiger partial charge in [0.25, 0.3) is 0 Å². The third-order valence-corrected chi connectivity index (χ3v) is 16.5. The molecule has 0 saturated carbocycles. The van der Waals surface area contributed by atoms with Crippen molar-refractivity contribution in [3.63, 3.8) is 0 Å². The van der Waals surface area contributed by atoms with Gasteiger partial charge in [0.05, 0.1) is 54.7 Å². The van der Waals surface area contributed by atoms with Gasteiger partial charge >= 0.3 is 45.2 Å². The van der Waals surface area contributed by atoms with Gasteiger partial charge in [-0.1, -0.05) is 91.0 Å². The topological polar surface area (TPSA) is 79.6 Å². The van der Waals surface area contributed by atoms with Gasteiger partial charge < -0.3 is 0 Å². The summed E-state index contributed by atoms with van der Waals surface area (Å²) in [7, 11) is -2.31. The summed E-state index contributed by atoms with van der Waals surface area (Å²) in [6, 6.07) is 56.5. The summed E-state index contributed by atoms with van der Waals surface area (Å²) in [4.78, 5) is 0. The molecule has 0 radical (unpaired) electrons. The van der Waals surface area contributed by atoms with Crippen molar-refractivity contribution in [2.24, 2.45) is 0 Å². The van der Waals surface area contributed by atoms with Crippen molar-refractivity contribution < 1.29 is 36.0 Å². The molecule has 230 valence electrons. The Labute approximate surface area is 287 Å². The Morgan fingerprint density at radius 1 is 0.304 bits per heavy atom. The maximum Gasteiger partial charge on any atom is 0.100 e. The molecule has 5 aromatic rings. The fraction of sp³-hybridized carbons (Fsp3) is 0.105. The second kappa shape index (κ2) is 28.1. The Morgan fingerprint density at radius 3 is 0.717 bits per heavy atom. The van der Waals surface area contributed by atoms with Gasteiger partial charge in [-0.3, -0.25) is 0 Å². The second-order valence-corrected chi connectivity index (χ2v) is 17.4. The standard InChI is InChI=1S/C34H33P3.4CO.Cr/c1-6-16-30(17-7-1)35(26-28-36(31-18-8-2-9-19-31)32-20-10-3-11-21-32)27-29-37(33-22-12-4-13-23-33)34-24-14-5-15-25-34;4*1-2;/h1-25H,26-29H2;;;;;/p+3. The minimum atomic E-state index is -0.809. The zero-order valence-electron chi connectivity index (χ0n) is 25.3. The molecule has 0 unspecified atom stereocenters. The molecule has 0 aromatic heterocycles. The largest absolute Gasteiger partial charge is 0.100 e. The number of hydrogen-bond donors (Lipinski definition) is 0. The van der Waals surface area contributed by atoms with E-state index in [9.17, 15) is 0 Å². The average molecular weight is 702 g/mol. The monoisotopic (exact) mass is 701 g/mol. The molecule has 5 aromatic carbocycles. The van der Waals surface area contributed by atoms with E-state index in [0.717, 1.165) is 0 Å². The van der Waals surface area contributed by atoms with E-state index in [-0.39, 0.29) is 17.4 Å². The summed E-state index contributed by atoms with van der Waals surface area (Å²) in [6.07, 6.45) is 5.23. The zero-order chi connectivity index (χ0) is 33.1. The van der Waals surface area contributed by atoms with Crippen LogP contribution in [0.3, 0.4) is 0 Å². The maximum absolute atomic E-state index is 7.50. The summed E-state index contributed by atoms with van der Waals surface area (Å²) in [5.41, 5.74) is 0. The van der Waals surface area contributed by atoms with E-state index in [0.29, 0.717) is 0 Å². The third kappa shape index (κ3) is 14.5. The molecule has 0 fully saturated rings. The van der Waals surface area contributed by atoms with E-state index >= 15 is 0 Å². The Hall–Kier alpha value is -3.12. The van der Waals surface area contributed by atoms with Crippen LogP contribution in [-0.2, 0) is 36.0 Å². The van der Waals surface area contributed by atoms with Crippen LogP contribution in [-0.4, -0.2) is 24.6 Å². The van der Waals surface area contributed by atoms with Crippen molar-refractivity contribution in [1.29, 1.82) is 0 Å². The Morgan fingerprint density at radius 2 is 0.500 bits per heavy atom. The van der Waals surface area contributed by atoms with Crippen LogP contribution >= 0.6 is 23.8 Å². The molecule has 5 rings (SSSR count). The van der Waals surface area contributed by atoms with Gasteiger partial charge in [0, 0.05) is 25.3 Å². The smallest absolute Gasteiger partial charge is 0.0620 e. The molecule has 0 amide bonds. The first-order valence-electron chi connectivity index (χ1n) is 14.0. The molecule has 46 heavy (non-hydrogen) atoms. The van der Waals surface area contributed by atoms with Crippen LogP contribution in [0.4, 0.5) is 0 Å². The van der Waals surface area contributed by atoms with E-state index < -0.39 is 23.8 Å². The Bertz CT molecular complexity index is 1330. The van der Waals surface area contributed by atoms with Crippen LogP contribution < -0.4 is 26.5 Å². The first kappa shape index (κ1) is 42.9. The first-order chi connectivity index (χ1) is 22.4. The van der Waals surface area contributed by atoms with Crippen molar-refractivity contribution in [2.75, 3.05) is 24.6 Å². The predicted octanol–water partition coefficient (Wildman–Crippen LogP) is 6.10. The van der Waals surface area contributed by atoms with Crippen LogP contribution in [0.1, 0.15) is 0 Å². The fourth-order valence-corrected chi connectivity index (χ4v) is 15.2. The summed E-state index contributed by atoms with van der Waals surface area (Å²) in [5.74, 6) is 0. The molecular formula is C38H36CrO4P3+3. The van der Waals surface area contributed by atoms with Crippen molar-refractivity contribution >= 4 is 50.3 Å². The van der Waals surface area contributed by atoms with Crippen LogP contribution in [0.25, 0.3) is 0 Å². The third-order valence-electron chi connectivity index (χ3n) is 7.02. The number of rotatable bonds is 11. The minimum Gasteiger partial charge on any atom is -0.0620 e. The molecule has 4 nitrogen and oxygen atoms in total. The molecule has 0 bridgehead atoms. The molecule has 0 aliphatic rings. The SMILES string of the molecule is [C-]#[O+].[C-]#[O+].[C-]#[O+].[C-]#[O+].[Cr].c1ccc([PH+](CC[PH+](c2ccccc2)c2ccccc2)CC[PH+](c2ccccc2)c2ccccc2)cc1. The van der Waals surface area contributed by atoms with E-state index in [1.165, 1.54) is 45.9 Å². The van der Waals surface area contributed by atoms with Crippen LogP contribution in [0.2, 0.25) is 0 Å². The van der Waals surface area contributed by atoms with Crippen LogP contribution in [0, 0.1) is 26.6 Å². The quantitative estimate of drug-likeness (QED) is 0.0907. The molecule has 0 aliphatic carbocycles. The van der Waals surface area contributed by atoms with Gasteiger partial charge in [-0.05, 0) is 60.7 Å². The minimum absolute atomic E-state index is 0. The summed E-state index contributed by atoms with van der Waals surface area (Å²) in [6.45, 7) is 18.0. The molecule has 0 heterocycles. The molecular weight excluding hydrogens is 665 g/mol. The van der Waals surface area contributed by atoms with Crippen molar-refractivity contribution in [3.05, 3.63) is 178 Å². The Kier molecular flexibility index (Phi) is 26.2. The van der Waals surface area contributed by atoms with E-state index in [2.05, 4.69) is 178 Å². The number of benzene rings is 5. The number of hydrogen-bond acceptors (Lipinski definition) is 0. The predicted molar refractivity (Wildman–Crippen MR) is 191 cm³/mol. The van der Waals surface area contributed by atoms with E-state index in [1.54, 1.807) is 5.30 Å². The van der Waals surface area contributed by atoms with Crippen LogP contribution in [0.15, 0.2) is 152 Å². The Balaban J connectivity index is 0.00000209. The molecule has 0 N–H and O–H groups in total. The van der Waals surface area contributed by atoms with Crippen molar-refractivity contribution in [3.8, 4) is 0 Å². The van der Waals surface area contributed by atoms with Gasteiger partial charge in [-0.15, -0.1) is 0 Å². The zero-order valence-corrected chi connectivity index (χ0v) is 29.6. The van der Waals surface area contributed by atoms with Crippen LogP contribution in [0.5, 0.6) is 0 Å². The van der Waals surface area contributed by atoms with Gasteiger partial charge in [-0.25, -0.2) is 0 Å². The van der Waals surface area contributed by atoms with Gasteiger partial charge in [0.2, 0.25) is 0 Å². The normalized spacial score (nSPS) is 9.28. The van der Waals surface area contributed by atoms with Crippen molar-refractivity contribution in [1.82, 2.24) is 0 Å². The molecule has 8 heteroatoms. The van der Waals surface area contributed by atoms with E-state index in [1.807, 2.05) is 0 Å². The summed E-state index contributed by atoms with van der Waals surface area (Å²) in [5, 5.41) is 7.73. The summed E-state index contributed by atoms with van der Waals surface area (Å²) < 4.78 is 30.0. The van der Waals surface area contributed by atoms with Gasteiger partial charge in [-0.2, -0.15) is 0 Å². The molecule has 0 saturated heterocycles.